The van der Waals surface area contributed by atoms with Gasteiger partial charge in [-0.2, -0.15) is 0 Å². The van der Waals surface area contributed by atoms with Crippen molar-refractivity contribution in [3.05, 3.63) is 34.1 Å². The van der Waals surface area contributed by atoms with Crippen molar-refractivity contribution in [2.45, 2.75) is 6.92 Å². The molecule has 0 aliphatic carbocycles. The van der Waals surface area contributed by atoms with E-state index in [1.807, 2.05) is 0 Å². The molecule has 0 radical (unpaired) electrons. The van der Waals surface area contributed by atoms with E-state index >= 15 is 0 Å². The van der Waals surface area contributed by atoms with Gasteiger partial charge < -0.3 is 24.6 Å². The summed E-state index contributed by atoms with van der Waals surface area (Å²) in [4.78, 5) is 29.9. The van der Waals surface area contributed by atoms with Gasteiger partial charge in [0.15, 0.2) is 5.82 Å². The summed E-state index contributed by atoms with van der Waals surface area (Å²) in [6, 6.07) is 3.20. The van der Waals surface area contributed by atoms with E-state index < -0.39 is 5.76 Å². The first-order valence-electron chi connectivity index (χ1n) is 8.77. The van der Waals surface area contributed by atoms with Crippen molar-refractivity contribution in [2.24, 2.45) is 0 Å². The quantitative estimate of drug-likeness (QED) is 0.381. The van der Waals surface area contributed by atoms with Crippen LogP contribution in [-0.2, 0) is 14.2 Å². The van der Waals surface area contributed by atoms with Gasteiger partial charge in [0.2, 0.25) is 0 Å². The normalized spacial score (nSPS) is 10.9. The Balaban J connectivity index is 1.67. The van der Waals surface area contributed by atoms with Gasteiger partial charge in [-0.15, -0.1) is 0 Å². The third-order valence-corrected chi connectivity index (χ3v) is 3.41. The van der Waals surface area contributed by atoms with Crippen LogP contribution in [0.1, 0.15) is 16.2 Å². The van der Waals surface area contributed by atoms with E-state index in [1.165, 1.54) is 6.07 Å². The fourth-order valence-corrected chi connectivity index (χ4v) is 2.21. The number of pyridine rings is 1. The Morgan fingerprint density at radius 3 is 2.46 bits per heavy atom. The van der Waals surface area contributed by atoms with E-state index in [4.69, 9.17) is 19.3 Å². The average molecular weight is 396 g/mol. The molecule has 0 bridgehead atoms. The molecule has 11 nitrogen and oxygen atoms in total. The largest absolute Gasteiger partial charge is 0.439 e. The van der Waals surface area contributed by atoms with E-state index in [-0.39, 0.29) is 24.0 Å². The summed E-state index contributed by atoms with van der Waals surface area (Å²) < 4.78 is 20.2. The number of aromatic amines is 1. The summed E-state index contributed by atoms with van der Waals surface area (Å²) >= 11 is 0. The fourth-order valence-electron chi connectivity index (χ4n) is 2.21. The number of nitrogens with one attached hydrogen (secondary N) is 2. The molecule has 11 heteroatoms. The summed E-state index contributed by atoms with van der Waals surface area (Å²) in [6.07, 6.45) is 0. The Bertz CT molecular complexity index is 790. The number of amides is 1. The Hall–Kier alpha value is -2.60. The number of nitrogens with zero attached hydrogens (tertiary/aromatic N) is 2. The van der Waals surface area contributed by atoms with Gasteiger partial charge in [0.25, 0.3) is 5.91 Å². The minimum Gasteiger partial charge on any atom is -0.394 e. The number of rotatable bonds is 13. The molecule has 0 spiro atoms. The van der Waals surface area contributed by atoms with Crippen molar-refractivity contribution in [3.8, 4) is 11.4 Å². The smallest absolute Gasteiger partial charge is 0.394 e. The summed E-state index contributed by atoms with van der Waals surface area (Å²) in [5.74, 6) is -0.805. The zero-order valence-electron chi connectivity index (χ0n) is 15.6. The van der Waals surface area contributed by atoms with Gasteiger partial charge in [0.05, 0.1) is 46.2 Å². The van der Waals surface area contributed by atoms with Crippen LogP contribution in [0.3, 0.4) is 0 Å². The highest BCUT2D eigenvalue weighted by atomic mass is 16.5. The molecule has 154 valence electrons. The van der Waals surface area contributed by atoms with E-state index in [0.29, 0.717) is 57.4 Å². The van der Waals surface area contributed by atoms with E-state index in [2.05, 4.69) is 25.0 Å². The number of H-pyrrole nitrogens is 1. The Morgan fingerprint density at radius 1 is 1.14 bits per heavy atom. The number of aliphatic hydroxyl groups is 1. The molecular formula is C17H24N4O7. The third kappa shape index (κ3) is 7.56. The molecule has 2 aromatic heterocycles. The SMILES string of the molecule is Cc1cc(-c2noc(=O)[nH]2)cc(C(=O)NCCOCCOCCOCCO)n1. The topological polar surface area (TPSA) is 149 Å². The van der Waals surface area contributed by atoms with Crippen LogP contribution < -0.4 is 11.1 Å². The average Bonchev–Trinajstić information content (AvgIpc) is 3.12. The Kier molecular flexibility index (Phi) is 9.28. The second-order valence-corrected chi connectivity index (χ2v) is 5.64. The molecule has 1 amide bonds. The van der Waals surface area contributed by atoms with Crippen LogP contribution in [0, 0.1) is 6.92 Å². The van der Waals surface area contributed by atoms with Gasteiger partial charge in [-0.3, -0.25) is 14.3 Å². The van der Waals surface area contributed by atoms with Crippen LogP contribution in [0.5, 0.6) is 0 Å². The number of carbonyl (C=O) groups excluding carboxylic acids is 1. The van der Waals surface area contributed by atoms with E-state index in [0.717, 1.165) is 0 Å². The maximum absolute atomic E-state index is 12.2. The van der Waals surface area contributed by atoms with Crippen molar-refractivity contribution in [1.82, 2.24) is 20.4 Å². The molecule has 0 unspecified atom stereocenters. The number of hydrogen-bond donors (Lipinski definition) is 3. The molecule has 0 atom stereocenters. The molecular weight excluding hydrogens is 372 g/mol. The Labute approximate surface area is 161 Å². The van der Waals surface area contributed by atoms with Gasteiger partial charge in [-0.05, 0) is 19.1 Å². The lowest BCUT2D eigenvalue weighted by Gasteiger charge is -2.08. The molecule has 2 aromatic rings. The monoisotopic (exact) mass is 396 g/mol. The first-order chi connectivity index (χ1) is 13.6. The van der Waals surface area contributed by atoms with Gasteiger partial charge in [0.1, 0.15) is 5.69 Å². The Morgan fingerprint density at radius 2 is 1.82 bits per heavy atom. The van der Waals surface area contributed by atoms with Gasteiger partial charge in [0, 0.05) is 17.8 Å². The number of carbonyl (C=O) groups is 1. The molecule has 0 saturated carbocycles. The van der Waals surface area contributed by atoms with Gasteiger partial charge >= 0.3 is 5.76 Å². The fraction of sp³-hybridized carbons (Fsp3) is 0.529. The maximum atomic E-state index is 12.2. The molecule has 28 heavy (non-hydrogen) atoms. The van der Waals surface area contributed by atoms with Crippen LogP contribution >= 0.6 is 0 Å². The van der Waals surface area contributed by atoms with Crippen LogP contribution in [0.15, 0.2) is 21.5 Å². The molecule has 0 aliphatic heterocycles. The maximum Gasteiger partial charge on any atom is 0.439 e. The van der Waals surface area contributed by atoms with Crippen LogP contribution in [0.4, 0.5) is 0 Å². The number of hydrogen-bond acceptors (Lipinski definition) is 9. The predicted octanol–water partition coefficient (Wildman–Crippen LogP) is -0.495. The number of aliphatic hydroxyl groups excluding tert-OH is 1. The van der Waals surface area contributed by atoms with Crippen molar-refractivity contribution in [1.29, 1.82) is 0 Å². The van der Waals surface area contributed by atoms with Crippen molar-refractivity contribution in [2.75, 3.05) is 52.8 Å². The van der Waals surface area contributed by atoms with Crippen molar-refractivity contribution in [3.63, 3.8) is 0 Å². The van der Waals surface area contributed by atoms with E-state index in [9.17, 15) is 9.59 Å². The minimum atomic E-state index is -0.672. The number of aromatic nitrogens is 3. The predicted molar refractivity (Wildman–Crippen MR) is 97.0 cm³/mol. The highest BCUT2D eigenvalue weighted by Gasteiger charge is 2.12. The molecule has 0 aliphatic rings. The molecule has 0 aromatic carbocycles. The van der Waals surface area contributed by atoms with Crippen LogP contribution in [0.2, 0.25) is 0 Å². The number of ether oxygens (including phenoxy) is 3. The highest BCUT2D eigenvalue weighted by Crippen LogP contribution is 2.15. The second-order valence-electron chi connectivity index (χ2n) is 5.64. The molecule has 0 fully saturated rings. The minimum absolute atomic E-state index is 0.00601. The van der Waals surface area contributed by atoms with E-state index in [1.54, 1.807) is 13.0 Å². The first-order valence-corrected chi connectivity index (χ1v) is 8.77. The molecule has 2 rings (SSSR count). The summed E-state index contributed by atoms with van der Waals surface area (Å²) in [6.45, 7) is 4.31. The van der Waals surface area contributed by atoms with Gasteiger partial charge in [-0.25, -0.2) is 9.78 Å². The molecule has 0 saturated heterocycles. The van der Waals surface area contributed by atoms with Crippen molar-refractivity contribution >= 4 is 5.91 Å². The van der Waals surface area contributed by atoms with Crippen molar-refractivity contribution < 1.29 is 28.6 Å². The van der Waals surface area contributed by atoms with Gasteiger partial charge in [-0.1, -0.05) is 5.16 Å². The van der Waals surface area contributed by atoms with Crippen LogP contribution in [-0.4, -0.2) is 78.9 Å². The lowest BCUT2D eigenvalue weighted by molar-refractivity contribution is 0.00824. The summed E-state index contributed by atoms with van der Waals surface area (Å²) in [5, 5.41) is 14.9. The molecule has 2 heterocycles. The number of aryl methyl sites for hydroxylation is 1. The second kappa shape index (κ2) is 12.0. The zero-order valence-corrected chi connectivity index (χ0v) is 15.6. The zero-order chi connectivity index (χ0) is 20.2. The first kappa shape index (κ1) is 21.7. The lowest BCUT2D eigenvalue weighted by atomic mass is 10.2. The highest BCUT2D eigenvalue weighted by molar-refractivity contribution is 5.93. The van der Waals surface area contributed by atoms with Crippen LogP contribution in [0.25, 0.3) is 11.4 Å². The third-order valence-electron chi connectivity index (χ3n) is 3.41. The standard InChI is InChI=1S/C17H24N4O7/c1-12-10-13(15-20-17(24)28-21-15)11-14(19-12)16(23)18-2-4-25-6-8-27-9-7-26-5-3-22/h10-11,22H,2-9H2,1H3,(H,18,23)(H,20,21,24). The summed E-state index contributed by atoms with van der Waals surface area (Å²) in [7, 11) is 0. The lowest BCUT2D eigenvalue weighted by Crippen LogP contribution is -2.28. The summed E-state index contributed by atoms with van der Waals surface area (Å²) in [5.41, 5.74) is 1.33. The molecule has 3 N–H and O–H groups in total.